The van der Waals surface area contributed by atoms with Crippen LogP contribution in [0.4, 0.5) is 10.5 Å². The van der Waals surface area contributed by atoms with Gasteiger partial charge in [0.2, 0.25) is 0 Å². The Morgan fingerprint density at radius 2 is 1.78 bits per heavy atom. The Labute approximate surface area is 132 Å². The number of primary amides is 1. The van der Waals surface area contributed by atoms with Crippen LogP contribution in [0.2, 0.25) is 0 Å². The molecular weight excluding hydrogens is 292 g/mol. The zero-order valence-electron chi connectivity index (χ0n) is 12.3. The fraction of sp³-hybridized carbons (Fsp3) is 0.0588. The van der Waals surface area contributed by atoms with Gasteiger partial charge in [-0.1, -0.05) is 30.3 Å². The van der Waals surface area contributed by atoms with Gasteiger partial charge in [0.05, 0.1) is 0 Å². The van der Waals surface area contributed by atoms with Gasteiger partial charge in [-0.15, -0.1) is 0 Å². The van der Waals surface area contributed by atoms with E-state index in [-0.39, 0.29) is 5.91 Å². The highest BCUT2D eigenvalue weighted by molar-refractivity contribution is 5.97. The van der Waals surface area contributed by atoms with Gasteiger partial charge in [0.15, 0.2) is 0 Å². The summed E-state index contributed by atoms with van der Waals surface area (Å²) in [6.07, 6.45) is 0. The van der Waals surface area contributed by atoms with Gasteiger partial charge in [0, 0.05) is 23.1 Å². The van der Waals surface area contributed by atoms with Gasteiger partial charge >= 0.3 is 6.03 Å². The minimum atomic E-state index is -0.607. The van der Waals surface area contributed by atoms with E-state index >= 15 is 0 Å². The highest BCUT2D eigenvalue weighted by Crippen LogP contribution is 2.15. The van der Waals surface area contributed by atoms with Crippen LogP contribution in [-0.2, 0) is 6.54 Å². The number of hydrogen-bond acceptors (Lipinski definition) is 2. The molecule has 0 radical (unpaired) electrons. The Hall–Kier alpha value is -3.28. The summed E-state index contributed by atoms with van der Waals surface area (Å²) < 4.78 is 0. The summed E-state index contributed by atoms with van der Waals surface area (Å²) in [5, 5.41) is 6.34. The average molecular weight is 308 g/mol. The van der Waals surface area contributed by atoms with Crippen LogP contribution in [0.25, 0.3) is 10.9 Å². The Kier molecular flexibility index (Phi) is 3.97. The summed E-state index contributed by atoms with van der Waals surface area (Å²) >= 11 is 0. The first-order chi connectivity index (χ1) is 11.1. The second kappa shape index (κ2) is 6.23. The number of aromatic amines is 1. The highest BCUT2D eigenvalue weighted by atomic mass is 16.2. The number of nitrogens with two attached hydrogens (primary N) is 1. The predicted molar refractivity (Wildman–Crippen MR) is 89.1 cm³/mol. The molecule has 5 N–H and O–H groups in total. The SMILES string of the molecule is NC(=O)Nc1ccc(CNC(=O)c2cc3ccccc3[nH]2)cc1. The van der Waals surface area contributed by atoms with E-state index in [4.69, 9.17) is 5.73 Å². The molecule has 0 aliphatic rings. The van der Waals surface area contributed by atoms with Crippen LogP contribution in [0, 0.1) is 0 Å². The summed E-state index contributed by atoms with van der Waals surface area (Å²) in [7, 11) is 0. The standard InChI is InChI=1S/C17H16N4O2/c18-17(23)20-13-7-5-11(6-8-13)10-19-16(22)15-9-12-3-1-2-4-14(12)21-15/h1-9,21H,10H2,(H,19,22)(H3,18,20,23). The van der Waals surface area contributed by atoms with Crippen molar-refractivity contribution in [2.24, 2.45) is 5.73 Å². The van der Waals surface area contributed by atoms with E-state index in [1.54, 1.807) is 12.1 Å². The smallest absolute Gasteiger partial charge is 0.316 e. The lowest BCUT2D eigenvalue weighted by Gasteiger charge is -2.06. The van der Waals surface area contributed by atoms with Gasteiger partial charge in [-0.2, -0.15) is 0 Å². The van der Waals surface area contributed by atoms with E-state index in [2.05, 4.69) is 15.6 Å². The number of hydrogen-bond donors (Lipinski definition) is 4. The van der Waals surface area contributed by atoms with E-state index in [1.165, 1.54) is 0 Å². The van der Waals surface area contributed by atoms with Gasteiger partial charge in [0.25, 0.3) is 5.91 Å². The molecule has 2 aromatic carbocycles. The van der Waals surface area contributed by atoms with Gasteiger partial charge in [0.1, 0.15) is 5.69 Å². The molecule has 6 nitrogen and oxygen atoms in total. The highest BCUT2D eigenvalue weighted by Gasteiger charge is 2.08. The number of rotatable bonds is 4. The van der Waals surface area contributed by atoms with Crippen molar-refractivity contribution >= 4 is 28.5 Å². The lowest BCUT2D eigenvalue weighted by Crippen LogP contribution is -2.23. The molecule has 1 heterocycles. The number of nitrogens with one attached hydrogen (secondary N) is 3. The zero-order valence-corrected chi connectivity index (χ0v) is 12.3. The Morgan fingerprint density at radius 3 is 2.48 bits per heavy atom. The van der Waals surface area contributed by atoms with Crippen LogP contribution in [0.3, 0.4) is 0 Å². The molecule has 0 saturated carbocycles. The summed E-state index contributed by atoms with van der Waals surface area (Å²) in [4.78, 5) is 26.0. The van der Waals surface area contributed by atoms with E-state index in [0.29, 0.717) is 17.9 Å². The molecule has 0 unspecified atom stereocenters. The van der Waals surface area contributed by atoms with Crippen LogP contribution in [0.5, 0.6) is 0 Å². The fourth-order valence-corrected chi connectivity index (χ4v) is 2.32. The van der Waals surface area contributed by atoms with Crippen molar-refractivity contribution in [2.45, 2.75) is 6.54 Å². The summed E-state index contributed by atoms with van der Waals surface area (Å²) in [6.45, 7) is 0.394. The van der Waals surface area contributed by atoms with E-state index in [1.807, 2.05) is 42.5 Å². The van der Waals surface area contributed by atoms with E-state index in [9.17, 15) is 9.59 Å². The monoisotopic (exact) mass is 308 g/mol. The molecule has 0 bridgehead atoms. The third kappa shape index (κ3) is 3.49. The van der Waals surface area contributed by atoms with Crippen molar-refractivity contribution in [3.05, 3.63) is 65.9 Å². The van der Waals surface area contributed by atoms with Crippen LogP contribution in [0.15, 0.2) is 54.6 Å². The maximum absolute atomic E-state index is 12.2. The maximum atomic E-state index is 12.2. The summed E-state index contributed by atoms with van der Waals surface area (Å²) in [6, 6.07) is 16.0. The molecule has 23 heavy (non-hydrogen) atoms. The molecule has 0 aliphatic carbocycles. The molecule has 3 amide bonds. The third-order valence-electron chi connectivity index (χ3n) is 3.45. The normalized spacial score (nSPS) is 10.4. The fourth-order valence-electron chi connectivity index (χ4n) is 2.32. The van der Waals surface area contributed by atoms with Crippen molar-refractivity contribution < 1.29 is 9.59 Å². The molecule has 0 atom stereocenters. The van der Waals surface area contributed by atoms with Crippen LogP contribution in [0.1, 0.15) is 16.1 Å². The molecule has 6 heteroatoms. The first-order valence-corrected chi connectivity index (χ1v) is 7.13. The van der Waals surface area contributed by atoms with Crippen molar-refractivity contribution in [1.82, 2.24) is 10.3 Å². The predicted octanol–water partition coefficient (Wildman–Crippen LogP) is 2.59. The topological polar surface area (TPSA) is 100 Å². The van der Waals surface area contributed by atoms with Crippen LogP contribution in [-0.4, -0.2) is 16.9 Å². The minimum absolute atomic E-state index is 0.166. The third-order valence-corrected chi connectivity index (χ3v) is 3.45. The van der Waals surface area contributed by atoms with Crippen molar-refractivity contribution in [3.63, 3.8) is 0 Å². The first-order valence-electron chi connectivity index (χ1n) is 7.13. The van der Waals surface area contributed by atoms with Crippen molar-refractivity contribution in [2.75, 3.05) is 5.32 Å². The molecule has 0 fully saturated rings. The maximum Gasteiger partial charge on any atom is 0.316 e. The summed E-state index contributed by atoms with van der Waals surface area (Å²) in [5.41, 5.74) is 8.04. The number of H-pyrrole nitrogens is 1. The van der Waals surface area contributed by atoms with Crippen molar-refractivity contribution in [1.29, 1.82) is 0 Å². The average Bonchev–Trinajstić information content (AvgIpc) is 2.97. The minimum Gasteiger partial charge on any atom is -0.351 e. The molecule has 3 rings (SSSR count). The Bertz CT molecular complexity index is 819. The molecule has 1 aromatic heterocycles. The second-order valence-electron chi connectivity index (χ2n) is 5.14. The van der Waals surface area contributed by atoms with E-state index < -0.39 is 6.03 Å². The van der Waals surface area contributed by atoms with Gasteiger partial charge < -0.3 is 21.4 Å². The molecular formula is C17H16N4O2. The number of carbonyl (C=O) groups is 2. The van der Waals surface area contributed by atoms with Gasteiger partial charge in [-0.3, -0.25) is 4.79 Å². The van der Waals surface area contributed by atoms with Crippen LogP contribution >= 0.6 is 0 Å². The zero-order chi connectivity index (χ0) is 16.2. The van der Waals surface area contributed by atoms with Crippen molar-refractivity contribution in [3.8, 4) is 0 Å². The Balaban J connectivity index is 1.63. The lowest BCUT2D eigenvalue weighted by molar-refractivity contribution is 0.0946. The second-order valence-corrected chi connectivity index (χ2v) is 5.14. The Morgan fingerprint density at radius 1 is 1.04 bits per heavy atom. The molecule has 3 aromatic rings. The molecule has 0 aliphatic heterocycles. The number of amides is 3. The number of benzene rings is 2. The van der Waals surface area contributed by atoms with Gasteiger partial charge in [-0.05, 0) is 29.8 Å². The molecule has 0 saturated heterocycles. The number of urea groups is 1. The number of para-hydroxylation sites is 1. The van der Waals surface area contributed by atoms with Crippen LogP contribution < -0.4 is 16.4 Å². The number of anilines is 1. The van der Waals surface area contributed by atoms with E-state index in [0.717, 1.165) is 16.5 Å². The largest absolute Gasteiger partial charge is 0.351 e. The molecule has 116 valence electrons. The summed E-state index contributed by atoms with van der Waals surface area (Å²) in [5.74, 6) is -0.166. The lowest BCUT2D eigenvalue weighted by atomic mass is 10.2. The quantitative estimate of drug-likeness (QED) is 0.595. The number of carbonyl (C=O) groups excluding carboxylic acids is 2. The number of aromatic nitrogens is 1. The molecule has 0 spiro atoms. The van der Waals surface area contributed by atoms with Gasteiger partial charge in [-0.25, -0.2) is 4.79 Å². The first kappa shape index (κ1) is 14.6. The number of fused-ring (bicyclic) bond motifs is 1.